The van der Waals surface area contributed by atoms with Gasteiger partial charge in [0.2, 0.25) is 0 Å². The van der Waals surface area contributed by atoms with Crippen LogP contribution in [-0.4, -0.2) is 35.7 Å². The maximum absolute atomic E-state index is 14.0. The summed E-state index contributed by atoms with van der Waals surface area (Å²) in [6.45, 7) is 12.2. The van der Waals surface area contributed by atoms with E-state index in [0.717, 1.165) is 30.7 Å². The first-order valence-corrected chi connectivity index (χ1v) is 8.76. The van der Waals surface area contributed by atoms with E-state index >= 15 is 0 Å². The van der Waals surface area contributed by atoms with Crippen molar-refractivity contribution < 1.29 is 4.39 Å². The van der Waals surface area contributed by atoms with Gasteiger partial charge in [-0.3, -0.25) is 0 Å². The van der Waals surface area contributed by atoms with E-state index in [-0.39, 0.29) is 11.4 Å². The normalized spacial score (nSPS) is 25.7. The van der Waals surface area contributed by atoms with Crippen molar-refractivity contribution in [3.05, 3.63) is 46.3 Å². The standard InChI is InChI=1S/C20H29FN2/c1-14(2)18-13-23(12-17-8-6-9-19(21)15(17)3)22(5)20(16(18)4)10-7-11-20/h8H,1,6-7,9-13H2,2-5H3. The van der Waals surface area contributed by atoms with E-state index in [1.807, 2.05) is 6.92 Å². The van der Waals surface area contributed by atoms with E-state index in [0.29, 0.717) is 6.42 Å². The van der Waals surface area contributed by atoms with Crippen LogP contribution in [0.1, 0.15) is 52.9 Å². The van der Waals surface area contributed by atoms with Gasteiger partial charge in [-0.1, -0.05) is 18.2 Å². The average molecular weight is 316 g/mol. The van der Waals surface area contributed by atoms with E-state index in [4.69, 9.17) is 0 Å². The molecule has 1 saturated carbocycles. The highest BCUT2D eigenvalue weighted by Gasteiger charge is 2.48. The molecular weight excluding hydrogens is 287 g/mol. The Kier molecular flexibility index (Phi) is 4.37. The highest BCUT2D eigenvalue weighted by Crippen LogP contribution is 2.48. The minimum Gasteiger partial charge on any atom is -0.234 e. The molecule has 0 unspecified atom stereocenters. The lowest BCUT2D eigenvalue weighted by Crippen LogP contribution is -2.63. The lowest BCUT2D eigenvalue weighted by atomic mass is 9.68. The molecule has 0 amide bonds. The number of hydrogen-bond acceptors (Lipinski definition) is 2. The molecule has 0 aromatic carbocycles. The summed E-state index contributed by atoms with van der Waals surface area (Å²) >= 11 is 0. The molecule has 3 aliphatic rings. The Bertz CT molecular complexity index is 620. The van der Waals surface area contributed by atoms with Crippen LogP contribution in [0.15, 0.2) is 46.3 Å². The van der Waals surface area contributed by atoms with Crippen molar-refractivity contribution in [2.45, 2.75) is 58.4 Å². The van der Waals surface area contributed by atoms with Gasteiger partial charge in [-0.15, -0.1) is 0 Å². The van der Waals surface area contributed by atoms with Crippen LogP contribution in [0.5, 0.6) is 0 Å². The summed E-state index contributed by atoms with van der Waals surface area (Å²) in [5, 5.41) is 4.82. The molecule has 0 aromatic heterocycles. The maximum atomic E-state index is 14.0. The summed E-state index contributed by atoms with van der Waals surface area (Å²) in [6.07, 6.45) is 7.31. The van der Waals surface area contributed by atoms with E-state index < -0.39 is 0 Å². The molecule has 3 rings (SSSR count). The van der Waals surface area contributed by atoms with Crippen molar-refractivity contribution in [3.8, 4) is 0 Å². The molecule has 1 fully saturated rings. The predicted octanol–water partition coefficient (Wildman–Crippen LogP) is 4.93. The monoisotopic (exact) mass is 316 g/mol. The number of hydrogen-bond donors (Lipinski definition) is 0. The fraction of sp³-hybridized carbons (Fsp3) is 0.600. The molecule has 0 saturated heterocycles. The Hall–Kier alpha value is -1.19. The second-order valence-electron chi connectivity index (χ2n) is 7.41. The number of rotatable bonds is 3. The Morgan fingerprint density at radius 3 is 2.61 bits per heavy atom. The third kappa shape index (κ3) is 2.64. The van der Waals surface area contributed by atoms with Gasteiger partial charge < -0.3 is 0 Å². The van der Waals surface area contributed by atoms with Crippen molar-refractivity contribution >= 4 is 0 Å². The fourth-order valence-electron chi connectivity index (χ4n) is 4.30. The van der Waals surface area contributed by atoms with Crippen LogP contribution in [0, 0.1) is 0 Å². The molecule has 1 heterocycles. The molecule has 0 bridgehead atoms. The van der Waals surface area contributed by atoms with E-state index in [2.05, 4.69) is 43.6 Å². The second-order valence-corrected chi connectivity index (χ2v) is 7.41. The maximum Gasteiger partial charge on any atom is 0.103 e. The molecular formula is C20H29FN2. The molecule has 0 N–H and O–H groups in total. The molecule has 2 nitrogen and oxygen atoms in total. The number of likely N-dealkylation sites (N-methyl/N-ethyl adjacent to an activating group) is 1. The first-order valence-electron chi connectivity index (χ1n) is 8.76. The highest BCUT2D eigenvalue weighted by molar-refractivity contribution is 5.42. The van der Waals surface area contributed by atoms with Crippen LogP contribution < -0.4 is 0 Å². The summed E-state index contributed by atoms with van der Waals surface area (Å²) in [6, 6.07) is 0. The summed E-state index contributed by atoms with van der Waals surface area (Å²) < 4.78 is 14.0. The van der Waals surface area contributed by atoms with Gasteiger partial charge in [0, 0.05) is 26.6 Å². The number of hydrazine groups is 1. The summed E-state index contributed by atoms with van der Waals surface area (Å²) in [7, 11) is 2.21. The van der Waals surface area contributed by atoms with E-state index in [1.54, 1.807) is 0 Å². The Morgan fingerprint density at radius 2 is 2.04 bits per heavy atom. The van der Waals surface area contributed by atoms with Gasteiger partial charge in [-0.2, -0.15) is 0 Å². The zero-order valence-corrected chi connectivity index (χ0v) is 15.0. The minimum atomic E-state index is 0.0624. The molecule has 126 valence electrons. The molecule has 3 heteroatoms. The van der Waals surface area contributed by atoms with Crippen LogP contribution in [0.25, 0.3) is 0 Å². The van der Waals surface area contributed by atoms with Crippen molar-refractivity contribution in [2.75, 3.05) is 20.1 Å². The third-order valence-corrected chi connectivity index (χ3v) is 6.23. The van der Waals surface area contributed by atoms with Crippen LogP contribution >= 0.6 is 0 Å². The summed E-state index contributed by atoms with van der Waals surface area (Å²) in [5.41, 5.74) is 6.21. The number of allylic oxidation sites excluding steroid dienone is 2. The van der Waals surface area contributed by atoms with Crippen molar-refractivity contribution in [2.24, 2.45) is 0 Å². The summed E-state index contributed by atoms with van der Waals surface area (Å²) in [4.78, 5) is 0. The van der Waals surface area contributed by atoms with Gasteiger partial charge in [0.15, 0.2) is 0 Å². The van der Waals surface area contributed by atoms with Crippen molar-refractivity contribution in [1.82, 2.24) is 10.0 Å². The molecule has 23 heavy (non-hydrogen) atoms. The number of halogens is 1. The van der Waals surface area contributed by atoms with Crippen LogP contribution in [-0.2, 0) is 0 Å². The van der Waals surface area contributed by atoms with Crippen LogP contribution in [0.3, 0.4) is 0 Å². The highest BCUT2D eigenvalue weighted by atomic mass is 19.1. The Morgan fingerprint density at radius 1 is 1.35 bits per heavy atom. The quantitative estimate of drug-likeness (QED) is 0.728. The van der Waals surface area contributed by atoms with Gasteiger partial charge >= 0.3 is 0 Å². The third-order valence-electron chi connectivity index (χ3n) is 6.23. The molecule has 0 atom stereocenters. The first-order chi connectivity index (χ1) is 10.9. The smallest absolute Gasteiger partial charge is 0.103 e. The Labute approximate surface area is 140 Å². The SMILES string of the molecule is C=C(C)C1=C(C)C2(CCC2)N(C)N(CC2=CCCC(F)=C2C)C1. The topological polar surface area (TPSA) is 6.48 Å². The first kappa shape index (κ1) is 16.7. The molecule has 0 aromatic rings. The predicted molar refractivity (Wildman–Crippen MR) is 94.6 cm³/mol. The van der Waals surface area contributed by atoms with Gasteiger partial charge in [-0.05, 0) is 68.7 Å². The van der Waals surface area contributed by atoms with E-state index in [9.17, 15) is 4.39 Å². The summed E-state index contributed by atoms with van der Waals surface area (Å²) in [5.74, 6) is 0.0624. The zero-order chi connectivity index (χ0) is 16.8. The Balaban J connectivity index is 1.89. The second kappa shape index (κ2) is 6.03. The van der Waals surface area contributed by atoms with Gasteiger partial charge in [0.05, 0.1) is 5.54 Å². The van der Waals surface area contributed by atoms with Gasteiger partial charge in [-0.25, -0.2) is 14.4 Å². The minimum absolute atomic E-state index is 0.0624. The van der Waals surface area contributed by atoms with Crippen LogP contribution in [0.4, 0.5) is 4.39 Å². The fourth-order valence-corrected chi connectivity index (χ4v) is 4.30. The average Bonchev–Trinajstić information content (AvgIpc) is 2.45. The largest absolute Gasteiger partial charge is 0.234 e. The molecule has 1 aliphatic heterocycles. The lowest BCUT2D eigenvalue weighted by molar-refractivity contribution is -0.106. The van der Waals surface area contributed by atoms with Gasteiger partial charge in [0.1, 0.15) is 5.83 Å². The lowest BCUT2D eigenvalue weighted by Gasteiger charge is -2.57. The van der Waals surface area contributed by atoms with Crippen molar-refractivity contribution in [3.63, 3.8) is 0 Å². The van der Waals surface area contributed by atoms with Crippen molar-refractivity contribution in [1.29, 1.82) is 0 Å². The zero-order valence-electron chi connectivity index (χ0n) is 15.0. The number of nitrogens with zero attached hydrogens (tertiary/aromatic N) is 2. The van der Waals surface area contributed by atoms with Crippen LogP contribution in [0.2, 0.25) is 0 Å². The van der Waals surface area contributed by atoms with Gasteiger partial charge in [0.25, 0.3) is 0 Å². The molecule has 1 spiro atoms. The molecule has 2 aliphatic carbocycles. The van der Waals surface area contributed by atoms with E-state index in [1.165, 1.54) is 36.0 Å². The molecule has 0 radical (unpaired) electrons.